The predicted octanol–water partition coefficient (Wildman–Crippen LogP) is 6.97. The topological polar surface area (TPSA) is 46.6 Å². The van der Waals surface area contributed by atoms with Gasteiger partial charge in [-0.15, -0.1) is 0 Å². The number of carbonyl (C=O) groups excluding carboxylic acids is 1. The summed E-state index contributed by atoms with van der Waals surface area (Å²) in [6, 6.07) is 19.7. The van der Waals surface area contributed by atoms with Crippen molar-refractivity contribution in [1.29, 1.82) is 0 Å². The molecule has 0 saturated heterocycles. The average Bonchev–Trinajstić information content (AvgIpc) is 3.43. The summed E-state index contributed by atoms with van der Waals surface area (Å²) < 4.78 is 10.2. The first-order valence-electron chi connectivity index (χ1n) is 16.9. The number of ether oxygens (including phenoxy) is 1. The highest BCUT2D eigenvalue weighted by Crippen LogP contribution is 2.26. The van der Waals surface area contributed by atoms with Gasteiger partial charge in [0.05, 0.1) is 24.2 Å². The first-order valence-corrected chi connectivity index (χ1v) is 17.2. The van der Waals surface area contributed by atoms with E-state index in [0.29, 0.717) is 23.9 Å². The lowest BCUT2D eigenvalue weighted by atomic mass is 10.0. The molecule has 45 heavy (non-hydrogen) atoms. The number of anilines is 1. The van der Waals surface area contributed by atoms with Crippen LogP contribution in [0.5, 0.6) is 5.75 Å². The standard InChI is InChI=1S/C38H50ClN3O2.BrH/c1-2-3-4-5-6-7-8-9-10-11-12-13-14-19-26-44-37-24-23-32(27-35(37)39)28-38(43)40-36-22-16-15-20-33(36)29-41-30-34-21-17-18-25-42(34)31-41;/h15-18,20-25,27,30-31H,2-14,19,26,28-29H2,1H3;1H. The second kappa shape index (κ2) is 21.1. The molecule has 0 aliphatic rings. The van der Waals surface area contributed by atoms with Crippen LogP contribution in [0.25, 0.3) is 5.52 Å². The highest BCUT2D eigenvalue weighted by atomic mass is 79.9. The number of unbranched alkanes of at least 4 members (excludes halogenated alkanes) is 13. The molecular formula is C38H51BrClN3O2. The summed E-state index contributed by atoms with van der Waals surface area (Å²) in [5, 5.41) is 3.65. The summed E-state index contributed by atoms with van der Waals surface area (Å²) >= 11 is 6.53. The Bertz CT molecular complexity index is 1390. The molecule has 0 saturated carbocycles. The number of halogens is 2. The fourth-order valence-corrected chi connectivity index (χ4v) is 6.00. The lowest BCUT2D eigenvalue weighted by Gasteiger charge is -2.11. The van der Waals surface area contributed by atoms with Gasteiger partial charge in [-0.2, -0.15) is 0 Å². The zero-order valence-corrected chi connectivity index (χ0v) is 29.3. The van der Waals surface area contributed by atoms with E-state index in [1.165, 1.54) is 83.5 Å². The van der Waals surface area contributed by atoms with E-state index in [-0.39, 0.29) is 29.3 Å². The zero-order chi connectivity index (χ0) is 30.8. The fourth-order valence-electron chi connectivity index (χ4n) is 5.74. The van der Waals surface area contributed by atoms with Gasteiger partial charge in [0.1, 0.15) is 18.5 Å². The van der Waals surface area contributed by atoms with Gasteiger partial charge in [-0.3, -0.25) is 4.79 Å². The maximum absolute atomic E-state index is 13.0. The molecule has 0 spiro atoms. The molecule has 0 radical (unpaired) electrons. The van der Waals surface area contributed by atoms with Crippen molar-refractivity contribution >= 4 is 28.7 Å². The van der Waals surface area contributed by atoms with Crippen LogP contribution in [-0.2, 0) is 17.8 Å². The Morgan fingerprint density at radius 1 is 0.822 bits per heavy atom. The van der Waals surface area contributed by atoms with Gasteiger partial charge in [0.15, 0.2) is 5.52 Å². The summed E-state index contributed by atoms with van der Waals surface area (Å²) in [5.74, 6) is 0.615. The molecule has 4 aromatic rings. The molecule has 1 amide bonds. The molecule has 0 bridgehead atoms. The number of para-hydroxylation sites is 1. The van der Waals surface area contributed by atoms with Crippen molar-refractivity contribution in [3.05, 3.63) is 95.5 Å². The van der Waals surface area contributed by atoms with Crippen molar-refractivity contribution in [2.45, 2.75) is 110 Å². The third kappa shape index (κ3) is 13.2. The third-order valence-corrected chi connectivity index (χ3v) is 8.55. The molecule has 0 aliphatic heterocycles. The van der Waals surface area contributed by atoms with Gasteiger partial charge < -0.3 is 27.0 Å². The molecule has 0 fully saturated rings. The van der Waals surface area contributed by atoms with Gasteiger partial charge in [-0.05, 0) is 42.3 Å². The van der Waals surface area contributed by atoms with Gasteiger partial charge in [0.25, 0.3) is 0 Å². The van der Waals surface area contributed by atoms with Gasteiger partial charge in [-0.25, -0.2) is 8.97 Å². The smallest absolute Gasteiger partial charge is 0.249 e. The molecular weight excluding hydrogens is 646 g/mol. The molecule has 1 N–H and O–H groups in total. The van der Waals surface area contributed by atoms with Crippen LogP contribution in [0.4, 0.5) is 5.69 Å². The minimum absolute atomic E-state index is 0. The number of carbonyl (C=O) groups is 1. The lowest BCUT2D eigenvalue weighted by molar-refractivity contribution is -0.686. The number of imidazole rings is 1. The van der Waals surface area contributed by atoms with E-state index in [1.807, 2.05) is 60.8 Å². The minimum Gasteiger partial charge on any atom is -1.00 e. The maximum Gasteiger partial charge on any atom is 0.249 e. The largest absolute Gasteiger partial charge is 1.00 e. The van der Waals surface area contributed by atoms with Gasteiger partial charge in [0.2, 0.25) is 12.2 Å². The maximum atomic E-state index is 13.0. The number of pyridine rings is 1. The van der Waals surface area contributed by atoms with Crippen molar-refractivity contribution < 1.29 is 31.1 Å². The Hall–Kier alpha value is -2.83. The van der Waals surface area contributed by atoms with Crippen molar-refractivity contribution in [2.24, 2.45) is 0 Å². The molecule has 5 nitrogen and oxygen atoms in total. The minimum atomic E-state index is -0.0726. The van der Waals surface area contributed by atoms with Crippen molar-refractivity contribution in [1.82, 2.24) is 4.40 Å². The molecule has 2 aromatic heterocycles. The second-order valence-electron chi connectivity index (χ2n) is 12.0. The van der Waals surface area contributed by atoms with Crippen LogP contribution in [0, 0.1) is 0 Å². The SMILES string of the molecule is CCCCCCCCCCCCCCCCOc1ccc(CC(=O)Nc2ccccc2C[n+]2cc3ccccn3c2)cc1Cl.[Br-]. The van der Waals surface area contributed by atoms with E-state index in [9.17, 15) is 4.79 Å². The Kier molecular flexibility index (Phi) is 17.1. The van der Waals surface area contributed by atoms with E-state index < -0.39 is 0 Å². The van der Waals surface area contributed by atoms with Crippen molar-refractivity contribution in [3.63, 3.8) is 0 Å². The number of rotatable bonds is 21. The van der Waals surface area contributed by atoms with E-state index in [2.05, 4.69) is 39.8 Å². The fraction of sp³-hybridized carbons (Fsp3) is 0.474. The highest BCUT2D eigenvalue weighted by molar-refractivity contribution is 6.32. The number of hydrogen-bond donors (Lipinski definition) is 1. The molecule has 2 heterocycles. The van der Waals surface area contributed by atoms with Gasteiger partial charge >= 0.3 is 0 Å². The van der Waals surface area contributed by atoms with Crippen LogP contribution < -0.4 is 31.6 Å². The number of hydrogen-bond acceptors (Lipinski definition) is 2. The second-order valence-corrected chi connectivity index (χ2v) is 12.4. The van der Waals surface area contributed by atoms with Crippen LogP contribution in [0.2, 0.25) is 5.02 Å². The molecule has 0 atom stereocenters. The molecule has 244 valence electrons. The van der Waals surface area contributed by atoms with Crippen LogP contribution in [0.3, 0.4) is 0 Å². The van der Waals surface area contributed by atoms with Crippen LogP contribution in [0.15, 0.2) is 79.4 Å². The zero-order valence-electron chi connectivity index (χ0n) is 27.0. The van der Waals surface area contributed by atoms with Crippen LogP contribution >= 0.6 is 11.6 Å². The first-order chi connectivity index (χ1) is 21.6. The van der Waals surface area contributed by atoms with E-state index in [0.717, 1.165) is 28.8 Å². The summed E-state index contributed by atoms with van der Waals surface area (Å²) in [6.07, 6.45) is 25.2. The molecule has 7 heteroatoms. The number of aromatic nitrogens is 2. The van der Waals surface area contributed by atoms with Crippen LogP contribution in [-0.4, -0.2) is 16.9 Å². The van der Waals surface area contributed by atoms with E-state index in [1.54, 1.807) is 0 Å². The highest BCUT2D eigenvalue weighted by Gasteiger charge is 2.13. The Labute approximate surface area is 286 Å². The third-order valence-electron chi connectivity index (χ3n) is 8.25. The number of fused-ring (bicyclic) bond motifs is 1. The van der Waals surface area contributed by atoms with Crippen molar-refractivity contribution in [2.75, 3.05) is 11.9 Å². The Morgan fingerprint density at radius 3 is 2.13 bits per heavy atom. The Morgan fingerprint density at radius 2 is 1.47 bits per heavy atom. The quantitative estimate of drug-likeness (QED) is 0.0756. The van der Waals surface area contributed by atoms with E-state index >= 15 is 0 Å². The number of nitrogens with one attached hydrogen (secondary N) is 1. The Balaban J connectivity index is 0.00000552. The van der Waals surface area contributed by atoms with Gasteiger partial charge in [-0.1, -0.05) is 132 Å². The lowest BCUT2D eigenvalue weighted by Crippen LogP contribution is -3.00. The first kappa shape index (κ1) is 36.6. The molecule has 4 rings (SSSR count). The number of amides is 1. The average molecular weight is 697 g/mol. The molecule has 0 unspecified atom stereocenters. The van der Waals surface area contributed by atoms with Gasteiger partial charge in [0, 0.05) is 11.3 Å². The normalized spacial score (nSPS) is 11.0. The summed E-state index contributed by atoms with van der Waals surface area (Å²) in [6.45, 7) is 3.61. The predicted molar refractivity (Wildman–Crippen MR) is 183 cm³/mol. The summed E-state index contributed by atoms with van der Waals surface area (Å²) in [4.78, 5) is 13.0. The summed E-state index contributed by atoms with van der Waals surface area (Å²) in [7, 11) is 0. The van der Waals surface area contributed by atoms with Crippen LogP contribution in [0.1, 0.15) is 108 Å². The number of benzene rings is 2. The summed E-state index contributed by atoms with van der Waals surface area (Å²) in [5.41, 5.74) is 3.85. The van der Waals surface area contributed by atoms with E-state index in [4.69, 9.17) is 16.3 Å². The number of nitrogens with zero attached hydrogens (tertiary/aromatic N) is 2. The molecule has 2 aromatic carbocycles. The van der Waals surface area contributed by atoms with Crippen molar-refractivity contribution in [3.8, 4) is 5.75 Å². The monoisotopic (exact) mass is 695 g/mol. The molecule has 0 aliphatic carbocycles.